The summed E-state index contributed by atoms with van der Waals surface area (Å²) in [7, 11) is 0. The summed E-state index contributed by atoms with van der Waals surface area (Å²) in [5, 5.41) is 0. The first-order valence-corrected chi connectivity index (χ1v) is 12.9. The van der Waals surface area contributed by atoms with Crippen LogP contribution in [0.4, 0.5) is 48.3 Å². The van der Waals surface area contributed by atoms with Crippen molar-refractivity contribution in [2.45, 2.75) is 128 Å². The van der Waals surface area contributed by atoms with Gasteiger partial charge in [0.05, 0.1) is 0 Å². The molecule has 0 radical (unpaired) electrons. The summed E-state index contributed by atoms with van der Waals surface area (Å²) in [5.74, 6) is -17.2. The minimum atomic E-state index is -5.86. The SMILES string of the molecule is C=C(C)C(=O)CCC(F)(F)C(F)(F)C(F)(F)CF.C=C(C)C(=O)CCCCCCCCCCCC.FC(F)(F)F. The Morgan fingerprint density at radius 3 is 1.23 bits per heavy atom. The van der Waals surface area contributed by atoms with Crippen LogP contribution in [-0.4, -0.2) is 42.4 Å². The number of allylic oxidation sites excluding steroid dienone is 2. The molecule has 0 unspecified atom stereocenters. The average molecular weight is 607 g/mol. The van der Waals surface area contributed by atoms with E-state index in [0.29, 0.717) is 12.0 Å². The molecule has 238 valence electrons. The van der Waals surface area contributed by atoms with Crippen molar-refractivity contribution < 1.29 is 57.9 Å². The molecule has 0 aliphatic heterocycles. The van der Waals surface area contributed by atoms with Crippen LogP contribution in [0.2, 0.25) is 0 Å². The van der Waals surface area contributed by atoms with E-state index in [1.54, 1.807) is 6.92 Å². The van der Waals surface area contributed by atoms with Crippen LogP contribution in [0, 0.1) is 0 Å². The molecule has 2 nitrogen and oxygen atoms in total. The molecule has 0 heterocycles. The highest BCUT2D eigenvalue weighted by Crippen LogP contribution is 2.48. The number of ketones is 2. The number of halogens is 11. The lowest BCUT2D eigenvalue weighted by atomic mass is 9.98. The third kappa shape index (κ3) is 21.8. The zero-order valence-corrected chi connectivity index (χ0v) is 23.3. The van der Waals surface area contributed by atoms with Crippen molar-refractivity contribution in [3.05, 3.63) is 24.3 Å². The summed E-state index contributed by atoms with van der Waals surface area (Å²) in [6.45, 7) is 9.07. The Bertz CT molecular complexity index is 739. The Hall–Kier alpha value is -1.95. The second-order valence-electron chi connectivity index (χ2n) is 9.38. The maximum atomic E-state index is 12.9. The maximum absolute atomic E-state index is 12.9. The lowest BCUT2D eigenvalue weighted by Crippen LogP contribution is -2.55. The minimum absolute atomic E-state index is 0.161. The molecule has 0 fully saturated rings. The highest BCUT2D eigenvalue weighted by Gasteiger charge is 2.71. The van der Waals surface area contributed by atoms with Gasteiger partial charge < -0.3 is 0 Å². The van der Waals surface area contributed by atoms with Crippen LogP contribution >= 0.6 is 0 Å². The first-order chi connectivity index (χ1) is 18.1. The number of hydrogen-bond acceptors (Lipinski definition) is 2. The van der Waals surface area contributed by atoms with Crippen molar-refractivity contribution in [3.8, 4) is 0 Å². The molecule has 0 amide bonds. The fraction of sp³-hybridized carbons (Fsp3) is 0.778. The van der Waals surface area contributed by atoms with Gasteiger partial charge in [-0.3, -0.25) is 9.59 Å². The van der Waals surface area contributed by atoms with Crippen molar-refractivity contribution in [1.82, 2.24) is 0 Å². The van der Waals surface area contributed by atoms with E-state index in [9.17, 15) is 57.9 Å². The van der Waals surface area contributed by atoms with Crippen molar-refractivity contribution >= 4 is 11.6 Å². The zero-order chi connectivity index (χ0) is 32.2. The van der Waals surface area contributed by atoms with Crippen LogP contribution in [0.5, 0.6) is 0 Å². The number of carbonyl (C=O) groups is 2. The lowest BCUT2D eigenvalue weighted by molar-refractivity contribution is -0.313. The number of unbranched alkanes of at least 4 members (excludes halogenated alkanes) is 9. The van der Waals surface area contributed by atoms with Gasteiger partial charge in [0.15, 0.2) is 18.2 Å². The van der Waals surface area contributed by atoms with Crippen molar-refractivity contribution in [2.75, 3.05) is 6.67 Å². The Morgan fingerprint density at radius 2 is 0.900 bits per heavy atom. The van der Waals surface area contributed by atoms with E-state index in [1.807, 2.05) is 0 Å². The van der Waals surface area contributed by atoms with E-state index in [4.69, 9.17) is 0 Å². The zero-order valence-electron chi connectivity index (χ0n) is 23.3. The molecule has 40 heavy (non-hydrogen) atoms. The van der Waals surface area contributed by atoms with Gasteiger partial charge in [-0.1, -0.05) is 77.9 Å². The summed E-state index contributed by atoms with van der Waals surface area (Å²) >= 11 is 0. The molecule has 0 aromatic carbocycles. The first-order valence-electron chi connectivity index (χ1n) is 12.9. The third-order valence-corrected chi connectivity index (χ3v) is 5.46. The summed E-state index contributed by atoms with van der Waals surface area (Å²) in [5.41, 5.74) is 0.548. The predicted molar refractivity (Wildman–Crippen MR) is 133 cm³/mol. The molecule has 0 aromatic rings. The number of carbonyl (C=O) groups excluding carboxylic acids is 2. The molecule has 0 saturated heterocycles. The van der Waals surface area contributed by atoms with Crippen LogP contribution in [0.3, 0.4) is 0 Å². The quantitative estimate of drug-likeness (QED) is 0.0833. The maximum Gasteiger partial charge on any atom is 0.559 e. The van der Waals surface area contributed by atoms with Crippen LogP contribution in [0.1, 0.15) is 104 Å². The van der Waals surface area contributed by atoms with E-state index in [2.05, 4.69) is 20.1 Å². The molecule has 0 aliphatic rings. The highest BCUT2D eigenvalue weighted by molar-refractivity contribution is 5.94. The largest absolute Gasteiger partial charge is 0.559 e. The molecular formula is C27H41F11O2. The fourth-order valence-electron chi connectivity index (χ4n) is 2.98. The van der Waals surface area contributed by atoms with Crippen LogP contribution < -0.4 is 0 Å². The van der Waals surface area contributed by atoms with E-state index >= 15 is 0 Å². The highest BCUT2D eigenvalue weighted by atomic mass is 19.5. The van der Waals surface area contributed by atoms with Crippen LogP contribution in [-0.2, 0) is 9.59 Å². The molecule has 0 atom stereocenters. The Labute approximate surface area is 229 Å². The minimum Gasteiger partial charge on any atom is -0.295 e. The molecule has 0 rings (SSSR count). The van der Waals surface area contributed by atoms with E-state index in [1.165, 1.54) is 57.8 Å². The Kier molecular flexibility index (Phi) is 22.2. The van der Waals surface area contributed by atoms with E-state index < -0.39 is 49.5 Å². The molecule has 0 spiro atoms. The van der Waals surface area contributed by atoms with Gasteiger partial charge >= 0.3 is 24.2 Å². The fourth-order valence-corrected chi connectivity index (χ4v) is 2.98. The van der Waals surface area contributed by atoms with Crippen LogP contribution in [0.15, 0.2) is 24.3 Å². The van der Waals surface area contributed by atoms with Crippen LogP contribution in [0.25, 0.3) is 0 Å². The van der Waals surface area contributed by atoms with Crippen molar-refractivity contribution in [3.63, 3.8) is 0 Å². The molecule has 13 heteroatoms. The summed E-state index contributed by atoms with van der Waals surface area (Å²) < 4.78 is 127. The summed E-state index contributed by atoms with van der Waals surface area (Å²) in [6.07, 6.45) is 5.50. The predicted octanol–water partition coefficient (Wildman–Crippen LogP) is 10.7. The summed E-state index contributed by atoms with van der Waals surface area (Å²) in [4.78, 5) is 22.2. The van der Waals surface area contributed by atoms with E-state index in [0.717, 1.165) is 13.3 Å². The topological polar surface area (TPSA) is 34.1 Å². The van der Waals surface area contributed by atoms with E-state index in [-0.39, 0.29) is 11.4 Å². The first kappa shape index (κ1) is 42.5. The van der Waals surface area contributed by atoms with Gasteiger partial charge in [0.1, 0.15) is 0 Å². The smallest absolute Gasteiger partial charge is 0.295 e. The molecule has 0 aromatic heterocycles. The molecule has 0 N–H and O–H groups in total. The number of hydrogen-bond donors (Lipinski definition) is 0. The molecule has 0 saturated carbocycles. The molecule has 0 bridgehead atoms. The van der Waals surface area contributed by atoms with Gasteiger partial charge in [-0.05, 0) is 31.4 Å². The summed E-state index contributed by atoms with van der Waals surface area (Å²) in [6, 6.07) is 0. The monoisotopic (exact) mass is 606 g/mol. The lowest BCUT2D eigenvalue weighted by Gasteiger charge is -2.31. The van der Waals surface area contributed by atoms with Gasteiger partial charge in [-0.25, -0.2) is 4.39 Å². The molecular weight excluding hydrogens is 565 g/mol. The molecule has 0 aliphatic carbocycles. The van der Waals surface area contributed by atoms with Gasteiger partial charge in [0.2, 0.25) is 0 Å². The number of Topliss-reactive ketones (excluding diaryl/α,β-unsaturated/α-hetero) is 2. The van der Waals surface area contributed by atoms with Gasteiger partial charge in [0.25, 0.3) is 0 Å². The van der Waals surface area contributed by atoms with Crippen molar-refractivity contribution in [2.24, 2.45) is 0 Å². The van der Waals surface area contributed by atoms with Gasteiger partial charge in [-0.15, -0.1) is 17.6 Å². The second kappa shape index (κ2) is 20.9. The second-order valence-corrected chi connectivity index (χ2v) is 9.38. The normalized spacial score (nSPS) is 12.1. The number of rotatable bonds is 19. The van der Waals surface area contributed by atoms with Crippen molar-refractivity contribution in [1.29, 1.82) is 0 Å². The Morgan fingerprint density at radius 1 is 0.575 bits per heavy atom. The third-order valence-electron chi connectivity index (χ3n) is 5.46. The van der Waals surface area contributed by atoms with Gasteiger partial charge in [-0.2, -0.15) is 26.3 Å². The average Bonchev–Trinajstić information content (AvgIpc) is 2.82. The standard InChI is InChI=1S/C16H30O.C10H11F7O.CF4/c1-4-5-6-7-8-9-10-11-12-13-14-16(17)15(2)3;1-6(2)7(18)3-4-8(12,13)10(16,17)9(14,15)5-11;2-1(3,4)5/h2,4-14H2,1,3H3;1,3-5H2,2H3;. The van der Waals surface area contributed by atoms with Gasteiger partial charge in [0, 0.05) is 19.3 Å². The Balaban J connectivity index is -0.000000586. The number of alkyl halides is 11.